The minimum atomic E-state index is -0.136. The van der Waals surface area contributed by atoms with Crippen molar-refractivity contribution in [2.75, 3.05) is 26.7 Å². The molecule has 0 radical (unpaired) electrons. The summed E-state index contributed by atoms with van der Waals surface area (Å²) in [4.78, 5) is 24.9. The number of esters is 1. The molecule has 6 heteroatoms. The molecule has 0 saturated carbocycles. The number of hydrogen-bond acceptors (Lipinski definition) is 3. The molecule has 1 fully saturated rings. The highest BCUT2D eigenvalue weighted by Gasteiger charge is 2.29. The topological polar surface area (TPSA) is 59.8 Å². The summed E-state index contributed by atoms with van der Waals surface area (Å²) in [5.74, 6) is -0.135. The van der Waals surface area contributed by atoms with Gasteiger partial charge in [0.05, 0.1) is 32.2 Å². The van der Waals surface area contributed by atoms with Gasteiger partial charge < -0.3 is 15.0 Å². The summed E-state index contributed by atoms with van der Waals surface area (Å²) in [6, 6.07) is 7.43. The molecule has 2 rings (SSSR count). The molecule has 1 aromatic rings. The summed E-state index contributed by atoms with van der Waals surface area (Å²) in [6.07, 6.45) is 1.55. The van der Waals surface area contributed by atoms with Crippen LogP contribution in [0.1, 0.15) is 31.4 Å². The van der Waals surface area contributed by atoms with Crippen LogP contribution < -0.4 is 10.2 Å². The number of hydrogen-bond donors (Lipinski definition) is 2. The van der Waals surface area contributed by atoms with Gasteiger partial charge in [-0.2, -0.15) is 0 Å². The lowest BCUT2D eigenvalue weighted by molar-refractivity contribution is -0.897. The van der Waals surface area contributed by atoms with Crippen molar-refractivity contribution in [3.63, 3.8) is 0 Å². The van der Waals surface area contributed by atoms with E-state index in [0.717, 1.165) is 31.5 Å². The highest BCUT2D eigenvalue weighted by molar-refractivity contribution is 6.30. The quantitative estimate of drug-likeness (QED) is 0.786. The van der Waals surface area contributed by atoms with E-state index >= 15 is 0 Å². The summed E-state index contributed by atoms with van der Waals surface area (Å²) < 4.78 is 4.78. The van der Waals surface area contributed by atoms with Gasteiger partial charge in [-0.3, -0.25) is 9.59 Å². The van der Waals surface area contributed by atoms with Gasteiger partial charge in [-0.05, 0) is 24.6 Å². The summed E-state index contributed by atoms with van der Waals surface area (Å²) in [7, 11) is 1.42. The van der Waals surface area contributed by atoms with Crippen molar-refractivity contribution in [2.45, 2.75) is 25.8 Å². The molecule has 0 unspecified atom stereocenters. The van der Waals surface area contributed by atoms with Gasteiger partial charge in [0.2, 0.25) is 0 Å². The fraction of sp³-hybridized carbons (Fsp3) is 0.529. The first-order valence-electron chi connectivity index (χ1n) is 7.96. The van der Waals surface area contributed by atoms with Crippen molar-refractivity contribution in [2.24, 2.45) is 5.92 Å². The van der Waals surface area contributed by atoms with Gasteiger partial charge in [0.15, 0.2) is 6.54 Å². The van der Waals surface area contributed by atoms with E-state index < -0.39 is 0 Å². The average molecular weight is 340 g/mol. The minimum absolute atomic E-state index is 0.0165. The predicted octanol–water partition coefficient (Wildman–Crippen LogP) is 0.985. The number of carbonyl (C=O) groups is 2. The smallest absolute Gasteiger partial charge is 0.309 e. The first kappa shape index (κ1) is 17.8. The summed E-state index contributed by atoms with van der Waals surface area (Å²) in [5, 5.41) is 3.67. The Morgan fingerprint density at radius 3 is 2.70 bits per heavy atom. The van der Waals surface area contributed by atoms with Crippen molar-refractivity contribution in [1.82, 2.24) is 5.32 Å². The standard InChI is InChI=1S/C17H23ClN2O3/c1-12(14-4-3-5-15(18)10-14)19-16(21)11-20-8-6-13(7-9-20)17(22)23-2/h3-5,10,12-13H,6-9,11H2,1-2H3,(H,19,21)/p+1/t12-/m1/s1. The molecule has 1 amide bonds. The second kappa shape index (κ2) is 8.31. The average Bonchev–Trinajstić information content (AvgIpc) is 2.54. The molecule has 1 atom stereocenters. The van der Waals surface area contributed by atoms with Gasteiger partial charge in [-0.1, -0.05) is 23.7 Å². The number of ether oxygens (including phenoxy) is 1. The number of piperidine rings is 1. The normalized spacial score (nSPS) is 22.2. The van der Waals surface area contributed by atoms with Gasteiger partial charge in [-0.25, -0.2) is 0 Å². The minimum Gasteiger partial charge on any atom is -0.469 e. The van der Waals surface area contributed by atoms with Crippen LogP contribution in [0, 0.1) is 5.92 Å². The van der Waals surface area contributed by atoms with Gasteiger partial charge in [0, 0.05) is 17.9 Å². The Kier molecular flexibility index (Phi) is 6.42. The molecule has 0 spiro atoms. The number of carbonyl (C=O) groups excluding carboxylic acids is 2. The number of amides is 1. The van der Waals surface area contributed by atoms with Crippen LogP contribution in [0.5, 0.6) is 0 Å². The van der Waals surface area contributed by atoms with E-state index in [1.54, 1.807) is 0 Å². The van der Waals surface area contributed by atoms with E-state index in [-0.39, 0.29) is 23.8 Å². The van der Waals surface area contributed by atoms with Gasteiger partial charge in [0.25, 0.3) is 5.91 Å². The number of rotatable bonds is 5. The first-order chi connectivity index (χ1) is 11.0. The van der Waals surface area contributed by atoms with Crippen LogP contribution in [0.25, 0.3) is 0 Å². The van der Waals surface area contributed by atoms with E-state index in [2.05, 4.69) is 5.32 Å². The molecule has 23 heavy (non-hydrogen) atoms. The van der Waals surface area contributed by atoms with Crippen molar-refractivity contribution in [1.29, 1.82) is 0 Å². The number of benzene rings is 1. The Hall–Kier alpha value is -1.59. The number of nitrogens with one attached hydrogen (secondary N) is 2. The summed E-state index contributed by atoms with van der Waals surface area (Å²) in [5.41, 5.74) is 0.991. The molecule has 0 bridgehead atoms. The molecule has 5 nitrogen and oxygen atoms in total. The second-order valence-electron chi connectivity index (χ2n) is 6.07. The Morgan fingerprint density at radius 1 is 1.39 bits per heavy atom. The molecule has 1 saturated heterocycles. The highest BCUT2D eigenvalue weighted by Crippen LogP contribution is 2.17. The number of halogens is 1. The van der Waals surface area contributed by atoms with Crippen LogP contribution in [-0.4, -0.2) is 38.6 Å². The van der Waals surface area contributed by atoms with Gasteiger partial charge in [0.1, 0.15) is 0 Å². The highest BCUT2D eigenvalue weighted by atomic mass is 35.5. The second-order valence-corrected chi connectivity index (χ2v) is 6.50. The molecule has 2 N–H and O–H groups in total. The third-order valence-corrected chi connectivity index (χ3v) is 4.60. The van der Waals surface area contributed by atoms with Crippen molar-refractivity contribution in [3.8, 4) is 0 Å². The van der Waals surface area contributed by atoms with Gasteiger partial charge >= 0.3 is 5.97 Å². The summed E-state index contributed by atoms with van der Waals surface area (Å²) >= 11 is 5.98. The zero-order valence-electron chi connectivity index (χ0n) is 13.6. The summed E-state index contributed by atoms with van der Waals surface area (Å²) in [6.45, 7) is 4.01. The third kappa shape index (κ3) is 5.22. The fourth-order valence-electron chi connectivity index (χ4n) is 2.98. The van der Waals surface area contributed by atoms with Crippen LogP contribution in [0.3, 0.4) is 0 Å². The van der Waals surface area contributed by atoms with Crippen LogP contribution in [-0.2, 0) is 14.3 Å². The lowest BCUT2D eigenvalue weighted by Crippen LogP contribution is -3.14. The Labute approximate surface area is 141 Å². The van der Waals surface area contributed by atoms with Crippen LogP contribution >= 0.6 is 11.6 Å². The number of methoxy groups -OCH3 is 1. The Morgan fingerprint density at radius 2 is 2.09 bits per heavy atom. The number of quaternary nitrogens is 1. The zero-order chi connectivity index (χ0) is 16.8. The van der Waals surface area contributed by atoms with E-state index in [1.165, 1.54) is 12.0 Å². The van der Waals surface area contributed by atoms with E-state index in [4.69, 9.17) is 16.3 Å². The molecule has 1 heterocycles. The molecule has 0 aromatic heterocycles. The lowest BCUT2D eigenvalue weighted by atomic mass is 9.97. The predicted molar refractivity (Wildman–Crippen MR) is 88.3 cm³/mol. The molecular formula is C17H24ClN2O3+. The molecule has 1 aliphatic rings. The SMILES string of the molecule is COC(=O)C1CC[NH+](CC(=O)N[C@H](C)c2cccc(Cl)c2)CC1. The van der Waals surface area contributed by atoms with E-state index in [9.17, 15) is 9.59 Å². The maximum Gasteiger partial charge on any atom is 0.309 e. The fourth-order valence-corrected chi connectivity index (χ4v) is 3.18. The van der Waals surface area contributed by atoms with Crippen LogP contribution in [0.15, 0.2) is 24.3 Å². The van der Waals surface area contributed by atoms with Crippen LogP contribution in [0.2, 0.25) is 5.02 Å². The zero-order valence-corrected chi connectivity index (χ0v) is 14.4. The van der Waals surface area contributed by atoms with E-state index in [0.29, 0.717) is 11.6 Å². The van der Waals surface area contributed by atoms with Gasteiger partial charge in [-0.15, -0.1) is 0 Å². The van der Waals surface area contributed by atoms with Crippen LogP contribution in [0.4, 0.5) is 0 Å². The maximum absolute atomic E-state index is 12.2. The Bertz CT molecular complexity index is 557. The molecular weight excluding hydrogens is 316 g/mol. The largest absolute Gasteiger partial charge is 0.469 e. The third-order valence-electron chi connectivity index (χ3n) is 4.36. The molecule has 0 aliphatic carbocycles. The van der Waals surface area contributed by atoms with E-state index in [1.807, 2.05) is 31.2 Å². The number of likely N-dealkylation sites (tertiary alicyclic amines) is 1. The lowest BCUT2D eigenvalue weighted by Gasteiger charge is -2.27. The monoisotopic (exact) mass is 339 g/mol. The Balaban J connectivity index is 1.78. The molecule has 1 aliphatic heterocycles. The maximum atomic E-state index is 12.2. The van der Waals surface area contributed by atoms with Crippen molar-refractivity contribution in [3.05, 3.63) is 34.9 Å². The molecule has 1 aromatic carbocycles. The van der Waals surface area contributed by atoms with Crippen molar-refractivity contribution >= 4 is 23.5 Å². The molecule has 126 valence electrons. The van der Waals surface area contributed by atoms with Crippen molar-refractivity contribution < 1.29 is 19.2 Å². The first-order valence-corrected chi connectivity index (χ1v) is 8.33.